The van der Waals surface area contributed by atoms with Crippen molar-refractivity contribution < 1.29 is 0 Å². The van der Waals surface area contributed by atoms with E-state index >= 15 is 0 Å². The zero-order valence-electron chi connectivity index (χ0n) is 25.9. The first kappa shape index (κ1) is 29.3. The zero-order chi connectivity index (χ0) is 29.6. The van der Waals surface area contributed by atoms with Crippen LogP contribution in [0.4, 0.5) is 0 Å². The van der Waals surface area contributed by atoms with Crippen LogP contribution in [0.25, 0.3) is 43.6 Å². The predicted molar refractivity (Wildman–Crippen MR) is 181 cm³/mol. The number of nitrogens with two attached hydrogens (primary N) is 1. The first-order valence-corrected chi connectivity index (χ1v) is 16.4. The number of aryl methyl sites for hydroxylation is 2. The van der Waals surface area contributed by atoms with Crippen LogP contribution in [-0.2, 0) is 26.2 Å². The summed E-state index contributed by atoms with van der Waals surface area (Å²) < 4.78 is 5.04. The van der Waals surface area contributed by atoms with Crippen LogP contribution < -0.4 is 5.73 Å². The number of pyridine rings is 2. The van der Waals surface area contributed by atoms with Crippen molar-refractivity contribution in [3.05, 3.63) is 84.4 Å². The van der Waals surface area contributed by atoms with Crippen LogP contribution in [-0.4, -0.2) is 37.1 Å². The van der Waals surface area contributed by atoms with Crippen molar-refractivity contribution in [2.45, 2.75) is 85.0 Å². The molecule has 0 aliphatic carbocycles. The van der Waals surface area contributed by atoms with E-state index in [2.05, 4.69) is 88.5 Å². The first-order valence-electron chi connectivity index (χ1n) is 16.4. The molecule has 6 nitrogen and oxygen atoms in total. The lowest BCUT2D eigenvalue weighted by molar-refractivity contribution is 0.246. The number of nitrogens with zero attached hydrogens (tertiary/aromatic N) is 5. The summed E-state index contributed by atoms with van der Waals surface area (Å²) in [5.41, 5.74) is 13.4. The van der Waals surface area contributed by atoms with Gasteiger partial charge in [0.2, 0.25) is 0 Å². The third-order valence-electron chi connectivity index (χ3n) is 8.91. The van der Waals surface area contributed by atoms with Gasteiger partial charge in [-0.15, -0.1) is 0 Å². The maximum atomic E-state index is 5.86. The van der Waals surface area contributed by atoms with Crippen molar-refractivity contribution in [2.24, 2.45) is 5.73 Å². The molecule has 0 saturated carbocycles. The number of benzene rings is 2. The number of rotatable bonds is 15. The van der Waals surface area contributed by atoms with Gasteiger partial charge in [0, 0.05) is 71.2 Å². The van der Waals surface area contributed by atoms with Gasteiger partial charge in [-0.3, -0.25) is 14.9 Å². The third kappa shape index (κ3) is 5.91. The summed E-state index contributed by atoms with van der Waals surface area (Å²) in [6.45, 7) is 9.86. The fourth-order valence-corrected chi connectivity index (χ4v) is 6.77. The minimum absolute atomic E-state index is 0.747. The number of unbranched alkanes of at least 4 members (excludes halogenated alkanes) is 4. The Morgan fingerprint density at radius 2 is 1.12 bits per heavy atom. The Hall–Kier alpha value is -3.74. The lowest BCUT2D eigenvalue weighted by Crippen LogP contribution is -2.26. The molecule has 0 amide bonds. The zero-order valence-corrected chi connectivity index (χ0v) is 25.9. The molecule has 43 heavy (non-hydrogen) atoms. The van der Waals surface area contributed by atoms with E-state index in [1.54, 1.807) is 0 Å². The Morgan fingerprint density at radius 3 is 1.60 bits per heavy atom. The molecular weight excluding hydrogens is 528 g/mol. The van der Waals surface area contributed by atoms with Crippen molar-refractivity contribution in [2.75, 3.05) is 13.1 Å². The van der Waals surface area contributed by atoms with Crippen molar-refractivity contribution >= 4 is 43.6 Å². The second-order valence-electron chi connectivity index (χ2n) is 11.9. The monoisotopic (exact) mass is 574 g/mol. The SMILES string of the molecule is CCCCn1c2ccccc2c2ccnc(CN(CCCCCN)Cc3nccc4c5ccccc5n(CCCC)c34)c21. The van der Waals surface area contributed by atoms with Crippen LogP contribution in [0, 0.1) is 0 Å². The molecule has 0 spiro atoms. The normalized spacial score (nSPS) is 12.1. The van der Waals surface area contributed by atoms with E-state index in [-0.39, 0.29) is 0 Å². The van der Waals surface area contributed by atoms with Gasteiger partial charge in [-0.05, 0) is 63.0 Å². The van der Waals surface area contributed by atoms with E-state index in [0.717, 1.165) is 82.8 Å². The van der Waals surface area contributed by atoms with Crippen LogP contribution in [0.5, 0.6) is 0 Å². The summed E-state index contributed by atoms with van der Waals surface area (Å²) in [5.74, 6) is 0. The van der Waals surface area contributed by atoms with Gasteiger partial charge in [0.15, 0.2) is 0 Å². The Balaban J connectivity index is 1.43. The van der Waals surface area contributed by atoms with Crippen LogP contribution in [0.1, 0.15) is 70.2 Å². The van der Waals surface area contributed by atoms with Gasteiger partial charge in [-0.1, -0.05) is 69.5 Å². The quantitative estimate of drug-likeness (QED) is 0.125. The average molecular weight is 575 g/mol. The summed E-state index contributed by atoms with van der Waals surface area (Å²) in [6.07, 6.45) is 11.9. The molecule has 4 aromatic heterocycles. The Labute approximate surface area is 255 Å². The highest BCUT2D eigenvalue weighted by molar-refractivity contribution is 6.09. The van der Waals surface area contributed by atoms with E-state index in [0.29, 0.717) is 0 Å². The van der Waals surface area contributed by atoms with E-state index in [9.17, 15) is 0 Å². The fourth-order valence-electron chi connectivity index (χ4n) is 6.77. The summed E-state index contributed by atoms with van der Waals surface area (Å²) in [4.78, 5) is 12.7. The highest BCUT2D eigenvalue weighted by Gasteiger charge is 2.20. The Morgan fingerprint density at radius 1 is 0.605 bits per heavy atom. The fraction of sp³-hybridized carbons (Fsp3) is 0.405. The molecule has 2 N–H and O–H groups in total. The van der Waals surface area contributed by atoms with E-state index in [4.69, 9.17) is 15.7 Å². The van der Waals surface area contributed by atoms with Gasteiger partial charge < -0.3 is 14.9 Å². The molecule has 0 bridgehead atoms. The highest BCUT2D eigenvalue weighted by atomic mass is 15.1. The topological polar surface area (TPSA) is 64.9 Å². The molecule has 6 rings (SSSR count). The summed E-state index contributed by atoms with van der Waals surface area (Å²) >= 11 is 0. The maximum Gasteiger partial charge on any atom is 0.0786 e. The molecular formula is C37H46N6. The minimum Gasteiger partial charge on any atom is -0.339 e. The lowest BCUT2D eigenvalue weighted by Gasteiger charge is -2.23. The van der Waals surface area contributed by atoms with Gasteiger partial charge in [-0.2, -0.15) is 0 Å². The molecule has 0 fully saturated rings. The number of fused-ring (bicyclic) bond motifs is 6. The van der Waals surface area contributed by atoms with Crippen LogP contribution >= 0.6 is 0 Å². The van der Waals surface area contributed by atoms with E-state index in [1.807, 2.05) is 12.4 Å². The predicted octanol–water partition coefficient (Wildman–Crippen LogP) is 8.42. The number of hydrogen-bond acceptors (Lipinski definition) is 4. The molecule has 224 valence electrons. The molecule has 0 saturated heterocycles. The molecule has 0 radical (unpaired) electrons. The van der Waals surface area contributed by atoms with Gasteiger partial charge in [-0.25, -0.2) is 0 Å². The van der Waals surface area contributed by atoms with Crippen LogP contribution in [0.15, 0.2) is 73.1 Å². The third-order valence-corrected chi connectivity index (χ3v) is 8.91. The first-order chi connectivity index (χ1) is 21.2. The molecule has 0 aliphatic heterocycles. The van der Waals surface area contributed by atoms with Crippen molar-refractivity contribution in [1.29, 1.82) is 0 Å². The second-order valence-corrected chi connectivity index (χ2v) is 11.9. The molecule has 2 aromatic carbocycles. The van der Waals surface area contributed by atoms with Crippen LogP contribution in [0.2, 0.25) is 0 Å². The van der Waals surface area contributed by atoms with Crippen molar-refractivity contribution in [3.8, 4) is 0 Å². The molecule has 4 heterocycles. The molecule has 0 unspecified atom stereocenters. The average Bonchev–Trinajstić information content (AvgIpc) is 3.54. The molecule has 0 atom stereocenters. The van der Waals surface area contributed by atoms with Crippen molar-refractivity contribution in [1.82, 2.24) is 24.0 Å². The van der Waals surface area contributed by atoms with Gasteiger partial charge in [0.1, 0.15) is 0 Å². The smallest absolute Gasteiger partial charge is 0.0786 e. The van der Waals surface area contributed by atoms with Gasteiger partial charge >= 0.3 is 0 Å². The van der Waals surface area contributed by atoms with E-state index in [1.165, 1.54) is 56.5 Å². The van der Waals surface area contributed by atoms with Gasteiger partial charge in [0.05, 0.1) is 22.4 Å². The standard InChI is InChI=1S/C37H46N6/c1-3-5-24-42-34-16-10-8-14-28(34)30-18-21-39-32(36(30)42)26-41(23-13-7-12-20-38)27-33-37-31(19-22-40-33)29-15-9-11-17-35(29)43(37)25-6-4-2/h8-11,14-19,21-22H,3-7,12-13,20,23-27,38H2,1-2H3. The summed E-state index contributed by atoms with van der Waals surface area (Å²) in [5, 5.41) is 5.25. The highest BCUT2D eigenvalue weighted by Crippen LogP contribution is 2.33. The lowest BCUT2D eigenvalue weighted by atomic mass is 10.1. The minimum atomic E-state index is 0.747. The number of para-hydroxylation sites is 2. The maximum absolute atomic E-state index is 5.86. The van der Waals surface area contributed by atoms with Crippen LogP contribution in [0.3, 0.4) is 0 Å². The Kier molecular flexibility index (Phi) is 9.35. The summed E-state index contributed by atoms with van der Waals surface area (Å²) in [7, 11) is 0. The van der Waals surface area contributed by atoms with E-state index < -0.39 is 0 Å². The van der Waals surface area contributed by atoms with Gasteiger partial charge in [0.25, 0.3) is 0 Å². The second kappa shape index (κ2) is 13.7. The summed E-state index contributed by atoms with van der Waals surface area (Å²) in [6, 6.07) is 22.1. The molecule has 0 aliphatic rings. The largest absolute Gasteiger partial charge is 0.339 e. The van der Waals surface area contributed by atoms with Crippen molar-refractivity contribution in [3.63, 3.8) is 0 Å². The molecule has 6 aromatic rings. The molecule has 6 heteroatoms. The Bertz CT molecular complexity index is 1690. The number of hydrogen-bond donors (Lipinski definition) is 1. The number of aromatic nitrogens is 4.